The van der Waals surface area contributed by atoms with Crippen LogP contribution in [0.5, 0.6) is 0 Å². The van der Waals surface area contributed by atoms with Gasteiger partial charge in [0.15, 0.2) is 0 Å². The van der Waals surface area contributed by atoms with E-state index >= 15 is 0 Å². The van der Waals surface area contributed by atoms with Crippen molar-refractivity contribution in [2.24, 2.45) is 11.8 Å². The maximum atomic E-state index is 12.6. The number of carbonyl (C=O) groups excluding carboxylic acids is 2. The zero-order chi connectivity index (χ0) is 20.2. The standard InChI is InChI=1S/C19H27N3O5S/c1-9-14-13(10(2)23)18(25)22(14)15(19(26)27)16(9)28-11-7-12(20-8-11)17(24)21-5-3-4-6-21/h9-14,20,23H,3-8H2,1-2H3,(H,26,27)/t9-,10?,11+,12+,13-,14-/m1/s1. The molecule has 0 saturated carbocycles. The largest absolute Gasteiger partial charge is 0.477 e. The van der Waals surface area contributed by atoms with Gasteiger partial charge in [-0.15, -0.1) is 11.8 Å². The molecule has 0 aromatic carbocycles. The molecule has 6 atom stereocenters. The topological polar surface area (TPSA) is 110 Å². The first-order chi connectivity index (χ1) is 13.3. The minimum Gasteiger partial charge on any atom is -0.477 e. The highest BCUT2D eigenvalue weighted by atomic mass is 32.2. The molecular formula is C19H27N3O5S. The van der Waals surface area contributed by atoms with Gasteiger partial charge in [-0.1, -0.05) is 6.92 Å². The molecule has 0 radical (unpaired) electrons. The highest BCUT2D eigenvalue weighted by Gasteiger charge is 2.60. The summed E-state index contributed by atoms with van der Waals surface area (Å²) >= 11 is 1.48. The molecule has 0 aromatic rings. The number of aliphatic carboxylic acids is 1. The van der Waals surface area contributed by atoms with Crippen LogP contribution in [0.25, 0.3) is 0 Å². The van der Waals surface area contributed by atoms with Gasteiger partial charge in [-0.3, -0.25) is 9.59 Å². The number of rotatable bonds is 5. The van der Waals surface area contributed by atoms with Gasteiger partial charge in [-0.25, -0.2) is 4.79 Å². The second-order valence-electron chi connectivity index (χ2n) is 8.24. The lowest BCUT2D eigenvalue weighted by atomic mass is 9.79. The Morgan fingerprint density at radius 1 is 1.29 bits per heavy atom. The molecule has 3 fully saturated rings. The number of likely N-dealkylation sites (tertiary alicyclic amines) is 1. The summed E-state index contributed by atoms with van der Waals surface area (Å²) in [6.45, 7) is 5.77. The molecule has 1 unspecified atom stereocenters. The van der Waals surface area contributed by atoms with Gasteiger partial charge in [0.2, 0.25) is 11.8 Å². The molecule has 4 rings (SSSR count). The van der Waals surface area contributed by atoms with Crippen LogP contribution in [-0.4, -0.2) is 80.9 Å². The second-order valence-corrected chi connectivity index (χ2v) is 9.58. The van der Waals surface area contributed by atoms with E-state index in [1.165, 1.54) is 16.7 Å². The first kappa shape index (κ1) is 19.7. The summed E-state index contributed by atoms with van der Waals surface area (Å²) < 4.78 is 0. The van der Waals surface area contributed by atoms with Crippen molar-refractivity contribution in [3.05, 3.63) is 10.6 Å². The van der Waals surface area contributed by atoms with Gasteiger partial charge in [0.25, 0.3) is 0 Å². The van der Waals surface area contributed by atoms with Crippen LogP contribution >= 0.6 is 11.8 Å². The summed E-state index contributed by atoms with van der Waals surface area (Å²) in [5.41, 5.74) is 0.0544. The fraction of sp³-hybridized carbons (Fsp3) is 0.737. The molecule has 28 heavy (non-hydrogen) atoms. The number of carboxylic acid groups (broad SMARTS) is 1. The molecule has 9 heteroatoms. The second kappa shape index (κ2) is 7.35. The number of fused-ring (bicyclic) bond motifs is 1. The molecular weight excluding hydrogens is 382 g/mol. The van der Waals surface area contributed by atoms with E-state index in [0.29, 0.717) is 17.9 Å². The average molecular weight is 410 g/mol. The Kier molecular flexibility index (Phi) is 5.18. The maximum absolute atomic E-state index is 12.6. The normalized spacial score (nSPS) is 36.0. The average Bonchev–Trinajstić information content (AvgIpc) is 3.35. The number of nitrogens with zero attached hydrogens (tertiary/aromatic N) is 2. The zero-order valence-corrected chi connectivity index (χ0v) is 16.9. The lowest BCUT2D eigenvalue weighted by molar-refractivity contribution is -0.163. The molecule has 154 valence electrons. The van der Waals surface area contributed by atoms with Crippen LogP contribution in [0.3, 0.4) is 0 Å². The zero-order valence-electron chi connectivity index (χ0n) is 16.1. The van der Waals surface area contributed by atoms with Crippen molar-refractivity contribution in [3.8, 4) is 0 Å². The first-order valence-electron chi connectivity index (χ1n) is 9.98. The predicted octanol–water partition coefficient (Wildman–Crippen LogP) is 0.226. The molecule has 0 aliphatic carbocycles. The lowest BCUT2D eigenvalue weighted by Gasteiger charge is -2.46. The Morgan fingerprint density at radius 3 is 2.57 bits per heavy atom. The number of carboxylic acids is 1. The summed E-state index contributed by atoms with van der Waals surface area (Å²) in [7, 11) is 0. The van der Waals surface area contributed by atoms with E-state index in [1.807, 2.05) is 11.8 Å². The van der Waals surface area contributed by atoms with Crippen LogP contribution in [0, 0.1) is 11.8 Å². The number of hydrogen-bond acceptors (Lipinski definition) is 6. The third-order valence-corrected chi connectivity index (χ3v) is 7.92. The monoisotopic (exact) mass is 409 g/mol. The number of aliphatic hydroxyl groups is 1. The Bertz CT molecular complexity index is 733. The van der Waals surface area contributed by atoms with Crippen molar-refractivity contribution in [2.45, 2.75) is 56.5 Å². The Balaban J connectivity index is 1.47. The summed E-state index contributed by atoms with van der Waals surface area (Å²) in [6, 6.07) is -0.512. The smallest absolute Gasteiger partial charge is 0.353 e. The number of carbonyl (C=O) groups is 3. The minimum atomic E-state index is -1.11. The van der Waals surface area contributed by atoms with Gasteiger partial charge >= 0.3 is 5.97 Å². The van der Waals surface area contributed by atoms with Gasteiger partial charge < -0.3 is 25.3 Å². The van der Waals surface area contributed by atoms with Crippen LogP contribution in [0.15, 0.2) is 10.6 Å². The van der Waals surface area contributed by atoms with Crippen LogP contribution in [-0.2, 0) is 14.4 Å². The lowest BCUT2D eigenvalue weighted by Crippen LogP contribution is -2.63. The molecule has 3 saturated heterocycles. The fourth-order valence-corrected chi connectivity index (χ4v) is 6.48. The number of nitrogens with one attached hydrogen (secondary N) is 1. The molecule has 2 amide bonds. The van der Waals surface area contributed by atoms with E-state index < -0.39 is 18.0 Å². The molecule has 3 N–H and O–H groups in total. The summed E-state index contributed by atoms with van der Waals surface area (Å²) in [5.74, 6) is -1.97. The SMILES string of the molecule is CC(O)[C@H]1C(=O)N2C(C(=O)O)=C(S[C@@H]3CN[C@H](C(=O)N4CCCC4)C3)[C@H](C)[C@H]12. The fourth-order valence-electron chi connectivity index (χ4n) is 5.00. The number of thioether (sulfide) groups is 1. The highest BCUT2D eigenvalue weighted by molar-refractivity contribution is 8.03. The molecule has 0 bridgehead atoms. The highest BCUT2D eigenvalue weighted by Crippen LogP contribution is 2.51. The van der Waals surface area contributed by atoms with Crippen LogP contribution in [0.4, 0.5) is 0 Å². The van der Waals surface area contributed by atoms with E-state index in [9.17, 15) is 24.6 Å². The third kappa shape index (κ3) is 3.04. The Labute approximate surface area is 168 Å². The van der Waals surface area contributed by atoms with E-state index in [1.54, 1.807) is 6.92 Å². The molecule has 4 aliphatic rings. The Hall–Kier alpha value is -1.58. The molecule has 0 aromatic heterocycles. The predicted molar refractivity (Wildman–Crippen MR) is 103 cm³/mol. The van der Waals surface area contributed by atoms with Crippen LogP contribution < -0.4 is 5.32 Å². The summed E-state index contributed by atoms with van der Waals surface area (Å²) in [6.07, 6.45) is 1.96. The minimum absolute atomic E-state index is 0.0544. The molecule has 4 heterocycles. The summed E-state index contributed by atoms with van der Waals surface area (Å²) in [4.78, 5) is 40.9. The van der Waals surface area contributed by atoms with Crippen molar-refractivity contribution < 1.29 is 24.6 Å². The van der Waals surface area contributed by atoms with Gasteiger partial charge in [0, 0.05) is 35.7 Å². The van der Waals surface area contributed by atoms with Crippen LogP contribution in [0.1, 0.15) is 33.1 Å². The van der Waals surface area contributed by atoms with Crippen molar-refractivity contribution in [2.75, 3.05) is 19.6 Å². The first-order valence-corrected chi connectivity index (χ1v) is 10.9. The number of β-lactam (4-membered cyclic amide) rings is 1. The van der Waals surface area contributed by atoms with E-state index in [4.69, 9.17) is 0 Å². The van der Waals surface area contributed by atoms with E-state index in [-0.39, 0.29) is 40.8 Å². The van der Waals surface area contributed by atoms with Gasteiger partial charge in [0.05, 0.1) is 24.1 Å². The van der Waals surface area contributed by atoms with Gasteiger partial charge in [-0.2, -0.15) is 0 Å². The molecule has 0 spiro atoms. The number of aliphatic hydroxyl groups excluding tert-OH is 1. The number of amides is 2. The van der Waals surface area contributed by atoms with Crippen molar-refractivity contribution in [1.29, 1.82) is 0 Å². The summed E-state index contributed by atoms with van der Waals surface area (Å²) in [5, 5.41) is 23.0. The van der Waals surface area contributed by atoms with Crippen molar-refractivity contribution >= 4 is 29.5 Å². The van der Waals surface area contributed by atoms with Gasteiger partial charge in [0.1, 0.15) is 5.70 Å². The van der Waals surface area contributed by atoms with E-state index in [2.05, 4.69) is 5.32 Å². The van der Waals surface area contributed by atoms with Crippen LogP contribution in [0.2, 0.25) is 0 Å². The number of hydrogen-bond donors (Lipinski definition) is 3. The quantitative estimate of drug-likeness (QED) is 0.558. The Morgan fingerprint density at radius 2 is 1.96 bits per heavy atom. The molecule has 4 aliphatic heterocycles. The van der Waals surface area contributed by atoms with Gasteiger partial charge in [-0.05, 0) is 26.2 Å². The van der Waals surface area contributed by atoms with Crippen molar-refractivity contribution in [1.82, 2.24) is 15.1 Å². The third-order valence-electron chi connectivity index (χ3n) is 6.41. The maximum Gasteiger partial charge on any atom is 0.353 e. The van der Waals surface area contributed by atoms with E-state index in [0.717, 1.165) is 25.9 Å². The molecule has 8 nitrogen and oxygen atoms in total. The van der Waals surface area contributed by atoms with Crippen molar-refractivity contribution in [3.63, 3.8) is 0 Å².